The molecule has 1 amide bonds. The Kier molecular flexibility index (Phi) is 5.11. The molecule has 144 valence electrons. The van der Waals surface area contributed by atoms with Gasteiger partial charge in [0.2, 0.25) is 11.9 Å². The van der Waals surface area contributed by atoms with Gasteiger partial charge in [0.05, 0.1) is 29.6 Å². The van der Waals surface area contributed by atoms with E-state index in [1.54, 1.807) is 30.0 Å². The fourth-order valence-corrected chi connectivity index (χ4v) is 3.46. The zero-order valence-corrected chi connectivity index (χ0v) is 16.4. The highest BCUT2D eigenvalue weighted by atomic mass is 35.5. The van der Waals surface area contributed by atoms with Crippen LogP contribution in [0.5, 0.6) is 11.5 Å². The molecule has 2 aromatic carbocycles. The number of nitrogens with zero attached hydrogens (tertiary/aromatic N) is 3. The Labute approximate surface area is 171 Å². The number of amides is 1. The molecule has 0 fully saturated rings. The van der Waals surface area contributed by atoms with Crippen LogP contribution in [0.3, 0.4) is 0 Å². The molecule has 28 heavy (non-hydrogen) atoms. The average molecular weight is 419 g/mol. The number of anilines is 1. The number of para-hydroxylation sites is 1. The normalized spacial score (nSPS) is 15.7. The molecule has 0 bridgehead atoms. The Balaban J connectivity index is 1.69. The van der Waals surface area contributed by atoms with Crippen LogP contribution >= 0.6 is 23.2 Å². The molecule has 0 unspecified atom stereocenters. The molecule has 1 atom stereocenters. The van der Waals surface area contributed by atoms with Crippen LogP contribution in [-0.2, 0) is 11.4 Å². The number of halogens is 2. The van der Waals surface area contributed by atoms with Gasteiger partial charge in [-0.3, -0.25) is 10.1 Å². The number of ether oxygens (including phenoxy) is 2. The molecule has 4 rings (SSSR count). The van der Waals surface area contributed by atoms with Crippen LogP contribution in [0.4, 0.5) is 5.95 Å². The molecule has 1 aliphatic rings. The predicted octanol–water partition coefficient (Wildman–Crippen LogP) is 4.10. The minimum Gasteiger partial charge on any atom is -0.493 e. The highest BCUT2D eigenvalue weighted by molar-refractivity contribution is 6.42. The van der Waals surface area contributed by atoms with Gasteiger partial charge in [-0.2, -0.15) is 10.1 Å². The molecule has 0 saturated carbocycles. The summed E-state index contributed by atoms with van der Waals surface area (Å²) in [7, 11) is 1.57. The van der Waals surface area contributed by atoms with Gasteiger partial charge in [0, 0.05) is 5.56 Å². The molecule has 3 aromatic rings. The zero-order chi connectivity index (χ0) is 19.7. The second kappa shape index (κ2) is 7.69. The van der Waals surface area contributed by atoms with Crippen LogP contribution < -0.4 is 14.8 Å². The van der Waals surface area contributed by atoms with Crippen molar-refractivity contribution in [3.05, 3.63) is 63.9 Å². The van der Waals surface area contributed by atoms with Crippen LogP contribution in [0.1, 0.15) is 23.6 Å². The van der Waals surface area contributed by atoms with E-state index in [1.165, 1.54) is 6.33 Å². The lowest BCUT2D eigenvalue weighted by Crippen LogP contribution is -2.29. The number of hydrogen-bond donors (Lipinski definition) is 1. The van der Waals surface area contributed by atoms with Crippen molar-refractivity contribution in [2.45, 2.75) is 19.1 Å². The van der Waals surface area contributed by atoms with Gasteiger partial charge in [-0.1, -0.05) is 41.4 Å². The summed E-state index contributed by atoms with van der Waals surface area (Å²) in [5.41, 5.74) is 1.63. The summed E-state index contributed by atoms with van der Waals surface area (Å²) >= 11 is 12.1. The maximum Gasteiger partial charge on any atom is 0.229 e. The first-order valence-corrected chi connectivity index (χ1v) is 9.25. The number of nitrogens with one attached hydrogen (secondary N) is 1. The monoisotopic (exact) mass is 418 g/mol. The maximum absolute atomic E-state index is 12.1. The number of fused-ring (bicyclic) bond motifs is 1. The molecule has 7 nitrogen and oxygen atoms in total. The van der Waals surface area contributed by atoms with Crippen molar-refractivity contribution in [1.82, 2.24) is 14.8 Å². The van der Waals surface area contributed by atoms with Gasteiger partial charge < -0.3 is 9.47 Å². The minimum atomic E-state index is -0.356. The summed E-state index contributed by atoms with van der Waals surface area (Å²) in [6, 6.07) is 10.5. The van der Waals surface area contributed by atoms with Gasteiger partial charge in [-0.05, 0) is 23.8 Å². The van der Waals surface area contributed by atoms with Gasteiger partial charge in [-0.15, -0.1) is 0 Å². The quantitative estimate of drug-likeness (QED) is 0.674. The summed E-state index contributed by atoms with van der Waals surface area (Å²) in [4.78, 5) is 16.2. The molecule has 1 aromatic heterocycles. The third-order valence-corrected chi connectivity index (χ3v) is 5.19. The molecular formula is C19H16Cl2N4O3. The molecular weight excluding hydrogens is 403 g/mol. The van der Waals surface area contributed by atoms with E-state index >= 15 is 0 Å². The highest BCUT2D eigenvalue weighted by Crippen LogP contribution is 2.40. The van der Waals surface area contributed by atoms with Crippen LogP contribution in [0.2, 0.25) is 10.0 Å². The van der Waals surface area contributed by atoms with E-state index in [0.29, 0.717) is 27.5 Å². The Hall–Kier alpha value is -2.77. The Morgan fingerprint density at radius 2 is 2.11 bits per heavy atom. The van der Waals surface area contributed by atoms with E-state index in [4.69, 9.17) is 32.7 Å². The fourth-order valence-electron chi connectivity index (χ4n) is 3.14. The number of carbonyl (C=O) groups is 1. The second-order valence-corrected chi connectivity index (χ2v) is 7.03. The summed E-state index contributed by atoms with van der Waals surface area (Å²) < 4.78 is 13.3. The number of aromatic nitrogens is 3. The van der Waals surface area contributed by atoms with E-state index < -0.39 is 0 Å². The predicted molar refractivity (Wildman–Crippen MR) is 105 cm³/mol. The van der Waals surface area contributed by atoms with Crippen LogP contribution in [-0.4, -0.2) is 27.8 Å². The summed E-state index contributed by atoms with van der Waals surface area (Å²) in [6.45, 7) is 0.257. The number of benzene rings is 2. The number of hydrogen-bond acceptors (Lipinski definition) is 5. The Morgan fingerprint density at radius 1 is 1.25 bits per heavy atom. The summed E-state index contributed by atoms with van der Waals surface area (Å²) in [5, 5.41) is 7.90. The summed E-state index contributed by atoms with van der Waals surface area (Å²) in [5.74, 6) is 1.37. The molecule has 1 aliphatic heterocycles. The molecule has 9 heteroatoms. The van der Waals surface area contributed by atoms with Crippen molar-refractivity contribution < 1.29 is 14.3 Å². The first kappa shape index (κ1) is 18.6. The first-order chi connectivity index (χ1) is 13.6. The van der Waals surface area contributed by atoms with E-state index in [-0.39, 0.29) is 25.0 Å². The van der Waals surface area contributed by atoms with Gasteiger partial charge >= 0.3 is 0 Å². The zero-order valence-electron chi connectivity index (χ0n) is 14.9. The molecule has 0 saturated heterocycles. The number of carbonyl (C=O) groups excluding carboxylic acids is 1. The van der Waals surface area contributed by atoms with Crippen molar-refractivity contribution in [2.24, 2.45) is 0 Å². The fraction of sp³-hybridized carbons (Fsp3) is 0.211. The highest BCUT2D eigenvalue weighted by Gasteiger charge is 2.31. The van der Waals surface area contributed by atoms with Crippen molar-refractivity contribution >= 4 is 35.1 Å². The molecule has 2 heterocycles. The minimum absolute atomic E-state index is 0.135. The van der Waals surface area contributed by atoms with E-state index in [1.807, 2.05) is 18.2 Å². The molecule has 0 spiro atoms. The van der Waals surface area contributed by atoms with Gasteiger partial charge in [0.15, 0.2) is 11.5 Å². The number of methoxy groups -OCH3 is 1. The van der Waals surface area contributed by atoms with E-state index in [2.05, 4.69) is 15.4 Å². The molecule has 0 radical (unpaired) electrons. The Bertz CT molecular complexity index is 1040. The third-order valence-electron chi connectivity index (χ3n) is 4.45. The number of rotatable bonds is 5. The average Bonchev–Trinajstić information content (AvgIpc) is 3.16. The standard InChI is InChI=1S/C19H16Cl2N4O3/c1-27-16-4-2-3-12(15-8-17(26)24-19-22-10-23-25(15)19)18(16)28-9-11-5-6-13(20)14(21)7-11/h2-7,10,15H,8-9H2,1H3,(H,22,23,24,26)/t15-/m1/s1. The lowest BCUT2D eigenvalue weighted by molar-refractivity contribution is -0.117. The lowest BCUT2D eigenvalue weighted by Gasteiger charge is -2.26. The van der Waals surface area contributed by atoms with Crippen molar-refractivity contribution in [1.29, 1.82) is 0 Å². The van der Waals surface area contributed by atoms with Crippen molar-refractivity contribution in [3.8, 4) is 11.5 Å². The van der Waals surface area contributed by atoms with E-state index in [0.717, 1.165) is 11.1 Å². The molecule has 1 N–H and O–H groups in total. The van der Waals surface area contributed by atoms with Gasteiger partial charge in [-0.25, -0.2) is 4.68 Å². The van der Waals surface area contributed by atoms with Gasteiger partial charge in [0.1, 0.15) is 12.9 Å². The van der Waals surface area contributed by atoms with Crippen molar-refractivity contribution in [3.63, 3.8) is 0 Å². The van der Waals surface area contributed by atoms with Crippen LogP contribution in [0, 0.1) is 0 Å². The SMILES string of the molecule is COc1cccc([C@H]2CC(=O)Nc3ncnn32)c1OCc1ccc(Cl)c(Cl)c1. The van der Waals surface area contributed by atoms with Crippen molar-refractivity contribution in [2.75, 3.05) is 12.4 Å². The topological polar surface area (TPSA) is 78.3 Å². The third kappa shape index (κ3) is 3.50. The molecule has 0 aliphatic carbocycles. The van der Waals surface area contributed by atoms with Crippen LogP contribution in [0.15, 0.2) is 42.7 Å². The largest absolute Gasteiger partial charge is 0.493 e. The smallest absolute Gasteiger partial charge is 0.229 e. The lowest BCUT2D eigenvalue weighted by atomic mass is 10.0. The van der Waals surface area contributed by atoms with E-state index in [9.17, 15) is 4.79 Å². The summed E-state index contributed by atoms with van der Waals surface area (Å²) in [6.07, 6.45) is 1.62. The maximum atomic E-state index is 12.1. The first-order valence-electron chi connectivity index (χ1n) is 8.50. The Morgan fingerprint density at radius 3 is 2.89 bits per heavy atom. The van der Waals surface area contributed by atoms with Crippen LogP contribution in [0.25, 0.3) is 0 Å². The van der Waals surface area contributed by atoms with Gasteiger partial charge in [0.25, 0.3) is 0 Å². The second-order valence-electron chi connectivity index (χ2n) is 6.21.